The summed E-state index contributed by atoms with van der Waals surface area (Å²) in [5.41, 5.74) is 4.52. The maximum absolute atomic E-state index is 11.1. The molecule has 0 saturated heterocycles. The highest BCUT2D eigenvalue weighted by atomic mass is 16.6. The van der Waals surface area contributed by atoms with Gasteiger partial charge in [-0.25, -0.2) is 0 Å². The Morgan fingerprint density at radius 1 is 1.04 bits per heavy atom. The summed E-state index contributed by atoms with van der Waals surface area (Å²) in [6.07, 6.45) is 5.71. The Labute approximate surface area is 155 Å². The topological polar surface area (TPSA) is 111 Å². The fourth-order valence-corrected chi connectivity index (χ4v) is 2.23. The molecule has 0 aromatic heterocycles. The minimum Gasteiger partial charge on any atom is -0.271 e. The van der Waals surface area contributed by atoms with Gasteiger partial charge in [-0.15, -0.1) is 0 Å². The fraction of sp³-hybridized carbons (Fsp3) is 0.105. The van der Waals surface area contributed by atoms with Crippen molar-refractivity contribution in [3.63, 3.8) is 0 Å². The molecule has 0 unspecified atom stereocenters. The summed E-state index contributed by atoms with van der Waals surface area (Å²) in [5.74, 6) is 0. The van der Waals surface area contributed by atoms with Crippen molar-refractivity contribution in [3.05, 3.63) is 92.0 Å². The lowest BCUT2D eigenvalue weighted by molar-refractivity contribution is -0.393. The zero-order chi connectivity index (χ0) is 19.8. The number of hydrazone groups is 1. The third-order valence-electron chi connectivity index (χ3n) is 3.52. The van der Waals surface area contributed by atoms with Gasteiger partial charge in [-0.2, -0.15) is 5.10 Å². The number of non-ortho nitro benzene ring substituents is 1. The summed E-state index contributed by atoms with van der Waals surface area (Å²) in [6.45, 7) is 3.65. The van der Waals surface area contributed by atoms with Crippen molar-refractivity contribution in [1.82, 2.24) is 0 Å². The van der Waals surface area contributed by atoms with Crippen LogP contribution in [-0.4, -0.2) is 15.6 Å². The Balaban J connectivity index is 2.13. The molecule has 0 amide bonds. The first-order valence-electron chi connectivity index (χ1n) is 8.01. The summed E-state index contributed by atoms with van der Waals surface area (Å²) in [4.78, 5) is 20.5. The molecule has 0 saturated carbocycles. The largest absolute Gasteiger partial charge is 0.301 e. The average molecular weight is 366 g/mol. The van der Waals surface area contributed by atoms with Crippen LogP contribution in [0.3, 0.4) is 0 Å². The number of rotatable bonds is 7. The highest BCUT2D eigenvalue weighted by Crippen LogP contribution is 2.28. The van der Waals surface area contributed by atoms with E-state index < -0.39 is 15.5 Å². The van der Waals surface area contributed by atoms with Crippen molar-refractivity contribution in [2.24, 2.45) is 5.10 Å². The number of hydrogen-bond donors (Lipinski definition) is 1. The smallest absolute Gasteiger partial charge is 0.271 e. The molecule has 0 atom stereocenters. The van der Waals surface area contributed by atoms with Gasteiger partial charge in [-0.1, -0.05) is 42.5 Å². The van der Waals surface area contributed by atoms with Gasteiger partial charge < -0.3 is 0 Å². The van der Waals surface area contributed by atoms with E-state index >= 15 is 0 Å². The van der Waals surface area contributed by atoms with Crippen LogP contribution in [0.5, 0.6) is 0 Å². The molecule has 2 aromatic carbocycles. The number of nitro groups is 2. The molecule has 8 nitrogen and oxygen atoms in total. The molecule has 138 valence electrons. The fourth-order valence-electron chi connectivity index (χ4n) is 2.23. The van der Waals surface area contributed by atoms with E-state index in [1.807, 2.05) is 55.5 Å². The van der Waals surface area contributed by atoms with Crippen molar-refractivity contribution >= 4 is 28.8 Å². The molecule has 27 heavy (non-hydrogen) atoms. The van der Waals surface area contributed by atoms with Crippen LogP contribution in [0.15, 0.2) is 71.4 Å². The summed E-state index contributed by atoms with van der Waals surface area (Å²) in [7, 11) is 0. The molecule has 0 heterocycles. The Morgan fingerprint density at radius 3 is 2.37 bits per heavy atom. The van der Waals surface area contributed by atoms with Gasteiger partial charge in [0.2, 0.25) is 0 Å². The van der Waals surface area contributed by atoms with Gasteiger partial charge in [0, 0.05) is 6.07 Å². The molecular weight excluding hydrogens is 348 g/mol. The Kier molecular flexibility index (Phi) is 6.54. The zero-order valence-electron chi connectivity index (χ0n) is 14.8. The third kappa shape index (κ3) is 5.89. The minimum absolute atomic E-state index is 0.0795. The van der Waals surface area contributed by atoms with Gasteiger partial charge in [0.15, 0.2) is 0 Å². The number of hydrogen-bond acceptors (Lipinski definition) is 6. The summed E-state index contributed by atoms with van der Waals surface area (Å²) in [5, 5.41) is 26.0. The Hall–Kier alpha value is -3.81. The van der Waals surface area contributed by atoms with Crippen molar-refractivity contribution in [2.75, 3.05) is 5.43 Å². The summed E-state index contributed by atoms with van der Waals surface area (Å²) >= 11 is 0. The molecule has 8 heteroatoms. The zero-order valence-corrected chi connectivity index (χ0v) is 14.8. The lowest BCUT2D eigenvalue weighted by Gasteiger charge is -2.03. The van der Waals surface area contributed by atoms with Gasteiger partial charge in [-0.3, -0.25) is 25.7 Å². The molecule has 0 bridgehead atoms. The SMILES string of the molecule is CC(/C=C\c1ccccc1)=C/C(C)=N\Nc1ccc([N+](=O)[O-])cc1[N+](=O)[O-]. The van der Waals surface area contributed by atoms with Gasteiger partial charge in [-0.05, 0) is 37.1 Å². The molecule has 0 aliphatic rings. The second-order valence-corrected chi connectivity index (χ2v) is 5.71. The van der Waals surface area contributed by atoms with Crippen molar-refractivity contribution < 1.29 is 9.85 Å². The molecule has 2 aromatic rings. The third-order valence-corrected chi connectivity index (χ3v) is 3.52. The highest BCUT2D eigenvalue weighted by molar-refractivity contribution is 5.94. The first kappa shape index (κ1) is 19.5. The summed E-state index contributed by atoms with van der Waals surface area (Å²) < 4.78 is 0. The van der Waals surface area contributed by atoms with Crippen LogP contribution in [-0.2, 0) is 0 Å². The number of nitro benzene ring substituents is 2. The highest BCUT2D eigenvalue weighted by Gasteiger charge is 2.19. The van der Waals surface area contributed by atoms with E-state index in [1.165, 1.54) is 12.1 Å². The van der Waals surface area contributed by atoms with Gasteiger partial charge in [0.05, 0.1) is 21.6 Å². The van der Waals surface area contributed by atoms with E-state index in [1.54, 1.807) is 6.92 Å². The predicted octanol–water partition coefficient (Wildman–Crippen LogP) is 4.95. The molecule has 0 fully saturated rings. The number of nitrogens with one attached hydrogen (secondary N) is 1. The first-order chi connectivity index (χ1) is 12.9. The molecule has 0 aliphatic heterocycles. The van der Waals surface area contributed by atoms with E-state index in [4.69, 9.17) is 0 Å². The van der Waals surface area contributed by atoms with Gasteiger partial charge in [0.1, 0.15) is 5.69 Å². The lowest BCUT2D eigenvalue weighted by atomic mass is 10.1. The monoisotopic (exact) mass is 366 g/mol. The number of allylic oxidation sites excluding steroid dienone is 3. The van der Waals surface area contributed by atoms with Crippen LogP contribution in [0.2, 0.25) is 0 Å². The molecule has 0 aliphatic carbocycles. The molecule has 1 N–H and O–H groups in total. The predicted molar refractivity (Wildman–Crippen MR) is 106 cm³/mol. The second-order valence-electron chi connectivity index (χ2n) is 5.71. The summed E-state index contributed by atoms with van der Waals surface area (Å²) in [6, 6.07) is 13.2. The standard InChI is InChI=1S/C19H18N4O4/c1-14(8-9-16-6-4-3-5-7-16)12-15(2)20-21-18-11-10-17(22(24)25)13-19(18)23(26)27/h3-13,21H,1-2H3/b9-8-,14-12-,20-15-. The van der Waals surface area contributed by atoms with Crippen LogP contribution in [0.4, 0.5) is 17.1 Å². The van der Waals surface area contributed by atoms with E-state index in [2.05, 4.69) is 10.5 Å². The van der Waals surface area contributed by atoms with Crippen LogP contribution >= 0.6 is 0 Å². The van der Waals surface area contributed by atoms with Crippen LogP contribution in [0.25, 0.3) is 6.08 Å². The normalized spacial score (nSPS) is 12.2. The van der Waals surface area contributed by atoms with Crippen molar-refractivity contribution in [2.45, 2.75) is 13.8 Å². The van der Waals surface area contributed by atoms with E-state index in [0.717, 1.165) is 17.2 Å². The van der Waals surface area contributed by atoms with E-state index in [9.17, 15) is 20.2 Å². The van der Waals surface area contributed by atoms with Crippen LogP contribution < -0.4 is 5.43 Å². The minimum atomic E-state index is -0.691. The average Bonchev–Trinajstić information content (AvgIpc) is 2.65. The molecule has 2 rings (SSSR count). The quantitative estimate of drug-likeness (QED) is 0.322. The molecular formula is C19H18N4O4. The molecule has 0 spiro atoms. The first-order valence-corrected chi connectivity index (χ1v) is 8.01. The number of anilines is 1. The van der Waals surface area contributed by atoms with Crippen molar-refractivity contribution in [3.8, 4) is 0 Å². The van der Waals surface area contributed by atoms with Crippen LogP contribution in [0.1, 0.15) is 19.4 Å². The van der Waals surface area contributed by atoms with Crippen molar-refractivity contribution in [1.29, 1.82) is 0 Å². The Bertz CT molecular complexity index is 934. The number of benzene rings is 2. The van der Waals surface area contributed by atoms with Crippen LogP contribution in [0, 0.1) is 20.2 Å². The van der Waals surface area contributed by atoms with Gasteiger partial charge >= 0.3 is 5.69 Å². The number of nitrogens with zero attached hydrogens (tertiary/aromatic N) is 3. The van der Waals surface area contributed by atoms with Gasteiger partial charge in [0.25, 0.3) is 5.69 Å². The second kappa shape index (κ2) is 9.04. The van der Waals surface area contributed by atoms with E-state index in [-0.39, 0.29) is 11.4 Å². The Morgan fingerprint density at radius 2 is 1.74 bits per heavy atom. The molecule has 0 radical (unpaired) electrons. The maximum atomic E-state index is 11.1. The maximum Gasteiger partial charge on any atom is 0.301 e. The van der Waals surface area contributed by atoms with E-state index in [0.29, 0.717) is 5.71 Å². The lowest BCUT2D eigenvalue weighted by Crippen LogP contribution is -2.00.